The third-order valence-corrected chi connectivity index (χ3v) is 4.15. The van der Waals surface area contributed by atoms with Crippen LogP contribution in [-0.4, -0.2) is 25.7 Å². The van der Waals surface area contributed by atoms with Crippen molar-refractivity contribution in [3.8, 4) is 5.75 Å². The van der Waals surface area contributed by atoms with E-state index < -0.39 is 0 Å². The number of piperidine rings is 1. The maximum atomic E-state index is 6.03. The molecule has 2 N–H and O–H groups in total. The molecule has 3 rings (SSSR count). The van der Waals surface area contributed by atoms with E-state index in [4.69, 9.17) is 10.5 Å². The lowest BCUT2D eigenvalue weighted by molar-refractivity contribution is 0.302. The average molecular weight is 260 g/mol. The van der Waals surface area contributed by atoms with Gasteiger partial charge in [0, 0.05) is 24.8 Å². The molecule has 2 fully saturated rings. The monoisotopic (exact) mass is 260 g/mol. The van der Waals surface area contributed by atoms with E-state index in [0.717, 1.165) is 37.8 Å². The molecular weight excluding hydrogens is 236 g/mol. The van der Waals surface area contributed by atoms with Crippen LogP contribution in [-0.2, 0) is 0 Å². The van der Waals surface area contributed by atoms with Gasteiger partial charge in [0.1, 0.15) is 5.75 Å². The van der Waals surface area contributed by atoms with E-state index >= 15 is 0 Å². The molecule has 1 saturated heterocycles. The van der Waals surface area contributed by atoms with E-state index in [1.165, 1.54) is 31.4 Å². The molecule has 1 aliphatic heterocycles. The normalized spacial score (nSPS) is 23.4. The summed E-state index contributed by atoms with van der Waals surface area (Å²) in [5.41, 5.74) is 7.29. The Morgan fingerprint density at radius 3 is 2.63 bits per heavy atom. The molecule has 0 amide bonds. The van der Waals surface area contributed by atoms with E-state index in [9.17, 15) is 0 Å². The second-order valence-corrected chi connectivity index (χ2v) is 5.92. The van der Waals surface area contributed by atoms with E-state index in [2.05, 4.69) is 29.2 Å². The summed E-state index contributed by atoms with van der Waals surface area (Å²) in [5, 5.41) is 0. The molecule has 2 aliphatic rings. The zero-order valence-electron chi connectivity index (χ0n) is 11.6. The van der Waals surface area contributed by atoms with Gasteiger partial charge >= 0.3 is 0 Å². The molecule has 1 heterocycles. The summed E-state index contributed by atoms with van der Waals surface area (Å²) in [5.74, 6) is 1.93. The number of anilines is 1. The molecule has 1 unspecified atom stereocenters. The largest absolute Gasteiger partial charge is 0.494 e. The molecule has 19 heavy (non-hydrogen) atoms. The van der Waals surface area contributed by atoms with Crippen molar-refractivity contribution in [3.63, 3.8) is 0 Å². The Morgan fingerprint density at radius 1 is 1.16 bits per heavy atom. The molecule has 0 bridgehead atoms. The van der Waals surface area contributed by atoms with Gasteiger partial charge in [0.2, 0.25) is 0 Å². The fraction of sp³-hybridized carbons (Fsp3) is 0.625. The first-order chi connectivity index (χ1) is 9.31. The molecule has 1 saturated carbocycles. The summed E-state index contributed by atoms with van der Waals surface area (Å²) >= 11 is 0. The fourth-order valence-corrected chi connectivity index (χ4v) is 2.75. The average Bonchev–Trinajstić information content (AvgIpc) is 3.24. The van der Waals surface area contributed by atoms with Gasteiger partial charge in [-0.3, -0.25) is 0 Å². The summed E-state index contributed by atoms with van der Waals surface area (Å²) in [6.07, 6.45) is 6.36. The van der Waals surface area contributed by atoms with E-state index in [-0.39, 0.29) is 0 Å². The number of hydrogen-bond acceptors (Lipinski definition) is 3. The van der Waals surface area contributed by atoms with Crippen LogP contribution < -0.4 is 15.4 Å². The Kier molecular flexibility index (Phi) is 3.92. The lowest BCUT2D eigenvalue weighted by atomic mass is 10.1. The fourth-order valence-electron chi connectivity index (χ4n) is 2.75. The summed E-state index contributed by atoms with van der Waals surface area (Å²) < 4.78 is 5.78. The van der Waals surface area contributed by atoms with Crippen molar-refractivity contribution in [2.45, 2.75) is 38.1 Å². The van der Waals surface area contributed by atoms with Crippen LogP contribution in [0.4, 0.5) is 5.69 Å². The van der Waals surface area contributed by atoms with E-state index in [0.29, 0.717) is 6.04 Å². The summed E-state index contributed by atoms with van der Waals surface area (Å²) in [4.78, 5) is 2.38. The van der Waals surface area contributed by atoms with Crippen molar-refractivity contribution < 1.29 is 4.74 Å². The predicted molar refractivity (Wildman–Crippen MR) is 78.7 cm³/mol. The third-order valence-electron chi connectivity index (χ3n) is 4.15. The minimum Gasteiger partial charge on any atom is -0.494 e. The van der Waals surface area contributed by atoms with E-state index in [1.807, 2.05) is 0 Å². The van der Waals surface area contributed by atoms with Crippen LogP contribution in [0.15, 0.2) is 24.3 Å². The van der Waals surface area contributed by atoms with Crippen LogP contribution >= 0.6 is 0 Å². The second-order valence-electron chi connectivity index (χ2n) is 5.92. The highest BCUT2D eigenvalue weighted by molar-refractivity contribution is 5.49. The highest BCUT2D eigenvalue weighted by Gasteiger charge is 2.20. The Morgan fingerprint density at radius 2 is 1.95 bits per heavy atom. The number of nitrogens with zero attached hydrogens (tertiary/aromatic N) is 1. The topological polar surface area (TPSA) is 38.5 Å². The standard InChI is InChI=1S/C16H24N2O/c17-14-2-1-10-18(12-14)15-5-7-16(8-6-15)19-11-9-13-3-4-13/h5-8,13-14H,1-4,9-12,17H2. The molecule has 0 aromatic heterocycles. The van der Waals surface area contributed by atoms with Crippen molar-refractivity contribution in [3.05, 3.63) is 24.3 Å². The van der Waals surface area contributed by atoms with Gasteiger partial charge in [0.25, 0.3) is 0 Å². The molecule has 3 nitrogen and oxygen atoms in total. The first-order valence-corrected chi connectivity index (χ1v) is 7.54. The molecule has 0 spiro atoms. The van der Waals surface area contributed by atoms with Gasteiger partial charge in [-0.1, -0.05) is 12.8 Å². The minimum atomic E-state index is 0.322. The van der Waals surface area contributed by atoms with Gasteiger partial charge in [-0.15, -0.1) is 0 Å². The first-order valence-electron chi connectivity index (χ1n) is 7.54. The van der Waals surface area contributed by atoms with Gasteiger partial charge in [0.15, 0.2) is 0 Å². The predicted octanol–water partition coefficient (Wildman–Crippen LogP) is 2.79. The zero-order chi connectivity index (χ0) is 13.1. The van der Waals surface area contributed by atoms with Crippen molar-refractivity contribution in [2.24, 2.45) is 11.7 Å². The SMILES string of the molecule is NC1CCCN(c2ccc(OCCC3CC3)cc2)C1. The highest BCUT2D eigenvalue weighted by Crippen LogP contribution is 2.32. The lowest BCUT2D eigenvalue weighted by Gasteiger charge is -2.32. The summed E-state index contributed by atoms with van der Waals surface area (Å²) in [6, 6.07) is 8.81. The Bertz CT molecular complexity index is 400. The zero-order valence-corrected chi connectivity index (χ0v) is 11.6. The Balaban J connectivity index is 1.52. The Labute approximate surface area is 115 Å². The molecule has 0 radical (unpaired) electrons. The molecule has 104 valence electrons. The number of hydrogen-bond donors (Lipinski definition) is 1. The number of rotatable bonds is 5. The van der Waals surface area contributed by atoms with Crippen molar-refractivity contribution in [1.82, 2.24) is 0 Å². The molecule has 1 aromatic carbocycles. The van der Waals surface area contributed by atoms with Crippen LogP contribution in [0.5, 0.6) is 5.75 Å². The van der Waals surface area contributed by atoms with Crippen molar-refractivity contribution >= 4 is 5.69 Å². The van der Waals surface area contributed by atoms with Crippen LogP contribution in [0.1, 0.15) is 32.1 Å². The van der Waals surface area contributed by atoms with Crippen molar-refractivity contribution in [2.75, 3.05) is 24.6 Å². The van der Waals surface area contributed by atoms with E-state index in [1.54, 1.807) is 0 Å². The summed E-state index contributed by atoms with van der Waals surface area (Å²) in [6.45, 7) is 2.95. The van der Waals surface area contributed by atoms with Crippen LogP contribution in [0.25, 0.3) is 0 Å². The minimum absolute atomic E-state index is 0.322. The van der Waals surface area contributed by atoms with Crippen LogP contribution in [0.3, 0.4) is 0 Å². The van der Waals surface area contributed by atoms with Crippen molar-refractivity contribution in [1.29, 1.82) is 0 Å². The molecule has 1 aliphatic carbocycles. The molecular formula is C16H24N2O. The molecule has 1 aromatic rings. The van der Waals surface area contributed by atoms with Crippen LogP contribution in [0, 0.1) is 5.92 Å². The van der Waals surface area contributed by atoms with Gasteiger partial charge < -0.3 is 15.4 Å². The maximum Gasteiger partial charge on any atom is 0.119 e. The summed E-state index contributed by atoms with van der Waals surface area (Å²) in [7, 11) is 0. The van der Waals surface area contributed by atoms with Gasteiger partial charge in [-0.2, -0.15) is 0 Å². The van der Waals surface area contributed by atoms with Crippen LogP contribution in [0.2, 0.25) is 0 Å². The Hall–Kier alpha value is -1.22. The third kappa shape index (κ3) is 3.63. The number of benzene rings is 1. The first kappa shape index (κ1) is 12.8. The second kappa shape index (κ2) is 5.83. The lowest BCUT2D eigenvalue weighted by Crippen LogP contribution is -2.42. The smallest absolute Gasteiger partial charge is 0.119 e. The number of ether oxygens (including phenoxy) is 1. The maximum absolute atomic E-state index is 6.03. The van der Waals surface area contributed by atoms with Gasteiger partial charge in [0.05, 0.1) is 6.61 Å². The number of nitrogens with two attached hydrogens (primary N) is 1. The molecule has 3 heteroatoms. The van der Waals surface area contributed by atoms with Gasteiger partial charge in [-0.25, -0.2) is 0 Å². The highest BCUT2D eigenvalue weighted by atomic mass is 16.5. The van der Waals surface area contributed by atoms with Gasteiger partial charge in [-0.05, 0) is 49.4 Å². The molecule has 1 atom stereocenters. The quantitative estimate of drug-likeness (QED) is 0.884.